The Kier molecular flexibility index (Phi) is 8.49. The Bertz CT molecular complexity index is 630. The van der Waals surface area contributed by atoms with Gasteiger partial charge in [0, 0.05) is 58.1 Å². The molecule has 8 nitrogen and oxygen atoms in total. The lowest BCUT2D eigenvalue weighted by molar-refractivity contribution is -0.142. The summed E-state index contributed by atoms with van der Waals surface area (Å²) < 4.78 is 7.04. The van der Waals surface area contributed by atoms with Crippen LogP contribution in [0.1, 0.15) is 38.5 Å². The van der Waals surface area contributed by atoms with E-state index in [1.54, 1.807) is 19.6 Å². The highest BCUT2D eigenvalue weighted by Gasteiger charge is 2.30. The number of likely N-dealkylation sites (tertiary alicyclic amines) is 2. The van der Waals surface area contributed by atoms with Crippen molar-refractivity contribution in [2.24, 2.45) is 0 Å². The molecule has 0 aliphatic carbocycles. The quantitative estimate of drug-likeness (QED) is 0.585. The Morgan fingerprint density at radius 2 is 2.00 bits per heavy atom. The molecular weight excluding hydrogens is 370 g/mol. The first-order chi connectivity index (χ1) is 14.2. The van der Waals surface area contributed by atoms with Crippen molar-refractivity contribution in [2.45, 2.75) is 51.1 Å². The summed E-state index contributed by atoms with van der Waals surface area (Å²) in [6, 6.07) is 0.0853. The minimum Gasteiger partial charge on any atom is -0.375 e. The Morgan fingerprint density at radius 1 is 1.17 bits per heavy atom. The third kappa shape index (κ3) is 6.54. The van der Waals surface area contributed by atoms with Crippen molar-refractivity contribution in [1.82, 2.24) is 24.3 Å². The number of imidazole rings is 1. The van der Waals surface area contributed by atoms with E-state index in [1.807, 2.05) is 20.6 Å². The molecule has 0 N–H and O–H groups in total. The van der Waals surface area contributed by atoms with Crippen LogP contribution in [-0.4, -0.2) is 95.1 Å². The Hall–Kier alpha value is -1.93. The number of hydrogen-bond acceptors (Lipinski definition) is 5. The molecule has 2 amide bonds. The van der Waals surface area contributed by atoms with Gasteiger partial charge in [-0.25, -0.2) is 4.98 Å². The van der Waals surface area contributed by atoms with Crippen LogP contribution in [0, 0.1) is 0 Å². The van der Waals surface area contributed by atoms with E-state index in [4.69, 9.17) is 4.74 Å². The molecule has 1 atom stereocenters. The molecule has 0 spiro atoms. The minimum atomic E-state index is 0.0339. The minimum absolute atomic E-state index is 0.0339. The van der Waals surface area contributed by atoms with E-state index in [9.17, 15) is 9.59 Å². The highest BCUT2D eigenvalue weighted by atomic mass is 16.5. The molecule has 2 aliphatic rings. The SMILES string of the molecule is COCC(=O)N(CCCN1CCCC1)C1CCCN(C(=O)CCn2ccnc2)C1. The zero-order chi connectivity index (χ0) is 20.5. The van der Waals surface area contributed by atoms with Crippen LogP contribution in [0.15, 0.2) is 18.7 Å². The molecule has 8 heteroatoms. The Labute approximate surface area is 173 Å². The molecule has 1 aromatic rings. The van der Waals surface area contributed by atoms with Gasteiger partial charge in [-0.3, -0.25) is 9.59 Å². The first-order valence-corrected chi connectivity index (χ1v) is 10.9. The summed E-state index contributed by atoms with van der Waals surface area (Å²) in [6.45, 7) is 6.28. The van der Waals surface area contributed by atoms with Gasteiger partial charge in [0.05, 0.1) is 6.33 Å². The topological polar surface area (TPSA) is 70.9 Å². The predicted octanol–water partition coefficient (Wildman–Crippen LogP) is 1.23. The molecule has 0 saturated carbocycles. The lowest BCUT2D eigenvalue weighted by Crippen LogP contribution is -2.53. The van der Waals surface area contributed by atoms with Gasteiger partial charge in [-0.05, 0) is 51.7 Å². The highest BCUT2D eigenvalue weighted by molar-refractivity contribution is 5.78. The maximum absolute atomic E-state index is 12.7. The standard InChI is InChI=1S/C21H35N5O3/c1-29-17-21(28)26(13-5-11-23-9-2-3-10-23)19-6-4-12-25(16-19)20(27)7-14-24-15-8-22-18-24/h8,15,18-19H,2-7,9-14,16-17H2,1H3. The van der Waals surface area contributed by atoms with E-state index in [-0.39, 0.29) is 24.5 Å². The fourth-order valence-corrected chi connectivity index (χ4v) is 4.43. The maximum Gasteiger partial charge on any atom is 0.248 e. The molecule has 1 unspecified atom stereocenters. The largest absolute Gasteiger partial charge is 0.375 e. The van der Waals surface area contributed by atoms with Crippen LogP contribution >= 0.6 is 0 Å². The van der Waals surface area contributed by atoms with E-state index in [2.05, 4.69) is 9.88 Å². The average molecular weight is 406 g/mol. The highest BCUT2D eigenvalue weighted by Crippen LogP contribution is 2.18. The third-order valence-corrected chi connectivity index (χ3v) is 5.99. The van der Waals surface area contributed by atoms with Gasteiger partial charge >= 0.3 is 0 Å². The van der Waals surface area contributed by atoms with Gasteiger partial charge in [-0.15, -0.1) is 0 Å². The molecule has 0 bridgehead atoms. The van der Waals surface area contributed by atoms with Gasteiger partial charge < -0.3 is 24.0 Å². The normalized spacial score (nSPS) is 20.2. The van der Waals surface area contributed by atoms with Crippen molar-refractivity contribution in [3.63, 3.8) is 0 Å². The summed E-state index contributed by atoms with van der Waals surface area (Å²) in [6.07, 6.45) is 11.2. The second-order valence-corrected chi connectivity index (χ2v) is 8.11. The fraction of sp³-hybridized carbons (Fsp3) is 0.762. The maximum atomic E-state index is 12.7. The van der Waals surface area contributed by atoms with Crippen molar-refractivity contribution in [3.8, 4) is 0 Å². The number of methoxy groups -OCH3 is 1. The average Bonchev–Trinajstić information content (AvgIpc) is 3.44. The number of aromatic nitrogens is 2. The zero-order valence-electron chi connectivity index (χ0n) is 17.7. The van der Waals surface area contributed by atoms with Gasteiger partial charge in [0.2, 0.25) is 11.8 Å². The molecule has 1 aromatic heterocycles. The number of piperidine rings is 1. The fourth-order valence-electron chi connectivity index (χ4n) is 4.43. The van der Waals surface area contributed by atoms with Crippen LogP contribution in [0.4, 0.5) is 0 Å². The number of ether oxygens (including phenoxy) is 1. The van der Waals surface area contributed by atoms with Crippen LogP contribution in [-0.2, 0) is 20.9 Å². The Morgan fingerprint density at radius 3 is 2.72 bits per heavy atom. The number of nitrogens with zero attached hydrogens (tertiary/aromatic N) is 5. The van der Waals surface area contributed by atoms with Crippen LogP contribution in [0.2, 0.25) is 0 Å². The Balaban J connectivity index is 1.52. The van der Waals surface area contributed by atoms with Crippen molar-refractivity contribution in [3.05, 3.63) is 18.7 Å². The molecule has 0 radical (unpaired) electrons. The van der Waals surface area contributed by atoms with Gasteiger partial charge in [-0.2, -0.15) is 0 Å². The lowest BCUT2D eigenvalue weighted by atomic mass is 10.0. The summed E-state index contributed by atoms with van der Waals surface area (Å²) in [5.74, 6) is 0.186. The lowest BCUT2D eigenvalue weighted by Gasteiger charge is -2.39. The van der Waals surface area contributed by atoms with E-state index >= 15 is 0 Å². The van der Waals surface area contributed by atoms with E-state index in [0.717, 1.165) is 38.9 Å². The summed E-state index contributed by atoms with van der Waals surface area (Å²) in [5, 5.41) is 0. The number of carbonyl (C=O) groups excluding carboxylic acids is 2. The third-order valence-electron chi connectivity index (χ3n) is 5.99. The monoisotopic (exact) mass is 405 g/mol. The molecule has 0 aromatic carbocycles. The summed E-state index contributed by atoms with van der Waals surface area (Å²) >= 11 is 0. The predicted molar refractivity (Wildman–Crippen MR) is 110 cm³/mol. The van der Waals surface area contributed by atoms with Gasteiger partial charge in [-0.1, -0.05) is 0 Å². The summed E-state index contributed by atoms with van der Waals surface area (Å²) in [5.41, 5.74) is 0. The second-order valence-electron chi connectivity index (χ2n) is 8.11. The number of aryl methyl sites for hydroxylation is 1. The summed E-state index contributed by atoms with van der Waals surface area (Å²) in [7, 11) is 1.56. The van der Waals surface area contributed by atoms with Crippen LogP contribution < -0.4 is 0 Å². The van der Waals surface area contributed by atoms with Crippen molar-refractivity contribution in [1.29, 1.82) is 0 Å². The number of rotatable bonds is 10. The smallest absolute Gasteiger partial charge is 0.248 e. The number of hydrogen-bond donors (Lipinski definition) is 0. The van der Waals surface area contributed by atoms with Crippen molar-refractivity contribution < 1.29 is 14.3 Å². The first kappa shape index (κ1) is 21.8. The molecule has 2 aliphatic heterocycles. The first-order valence-electron chi connectivity index (χ1n) is 10.9. The molecule has 2 saturated heterocycles. The number of carbonyl (C=O) groups is 2. The molecule has 2 fully saturated rings. The van der Waals surface area contributed by atoms with Gasteiger partial charge in [0.15, 0.2) is 0 Å². The van der Waals surface area contributed by atoms with Gasteiger partial charge in [0.25, 0.3) is 0 Å². The molecule has 162 valence electrons. The van der Waals surface area contributed by atoms with Crippen LogP contribution in [0.3, 0.4) is 0 Å². The molecular formula is C21H35N5O3. The van der Waals surface area contributed by atoms with Crippen LogP contribution in [0.25, 0.3) is 0 Å². The zero-order valence-corrected chi connectivity index (χ0v) is 17.7. The van der Waals surface area contributed by atoms with Gasteiger partial charge in [0.1, 0.15) is 6.61 Å². The molecule has 3 heterocycles. The molecule has 3 rings (SSSR count). The van der Waals surface area contributed by atoms with E-state index in [1.165, 1.54) is 25.9 Å². The van der Waals surface area contributed by atoms with Crippen LogP contribution in [0.5, 0.6) is 0 Å². The van der Waals surface area contributed by atoms with Crippen molar-refractivity contribution >= 4 is 11.8 Å². The van der Waals surface area contributed by atoms with E-state index < -0.39 is 0 Å². The summed E-state index contributed by atoms with van der Waals surface area (Å²) in [4.78, 5) is 35.8. The number of amides is 2. The van der Waals surface area contributed by atoms with E-state index in [0.29, 0.717) is 19.5 Å². The molecule has 29 heavy (non-hydrogen) atoms. The van der Waals surface area contributed by atoms with Crippen molar-refractivity contribution in [2.75, 3.05) is 53.0 Å². The second kappa shape index (κ2) is 11.3.